The van der Waals surface area contributed by atoms with E-state index in [1.807, 2.05) is 11.8 Å². The van der Waals surface area contributed by atoms with E-state index in [-0.39, 0.29) is 11.8 Å². The molecular formula is C10H15N3O3. The maximum absolute atomic E-state index is 10.9. The lowest BCUT2D eigenvalue weighted by atomic mass is 9.99. The number of hydrogen-bond acceptors (Lipinski definition) is 5. The van der Waals surface area contributed by atoms with E-state index < -0.39 is 5.97 Å². The van der Waals surface area contributed by atoms with Gasteiger partial charge in [0.2, 0.25) is 5.89 Å². The van der Waals surface area contributed by atoms with Crippen molar-refractivity contribution in [3.63, 3.8) is 0 Å². The van der Waals surface area contributed by atoms with Gasteiger partial charge in [0, 0.05) is 20.0 Å². The Labute approximate surface area is 93.2 Å². The molecule has 0 spiro atoms. The molecule has 2 heterocycles. The van der Waals surface area contributed by atoms with Crippen LogP contribution in [0.5, 0.6) is 0 Å². The third-order valence-corrected chi connectivity index (χ3v) is 2.94. The maximum Gasteiger partial charge on any atom is 0.308 e. The lowest BCUT2D eigenvalue weighted by molar-refractivity contribution is -0.142. The smallest absolute Gasteiger partial charge is 0.308 e. The van der Waals surface area contributed by atoms with Gasteiger partial charge in [-0.25, -0.2) is 0 Å². The van der Waals surface area contributed by atoms with E-state index in [1.54, 1.807) is 6.92 Å². The minimum atomic E-state index is -0.723. The van der Waals surface area contributed by atoms with Gasteiger partial charge in [-0.2, -0.15) is 4.98 Å². The Balaban J connectivity index is 1.96. The number of carboxylic acid groups (broad SMARTS) is 1. The SMILES string of the molecule is Cc1nc(CN2CC(C)C(C(=O)O)C2)no1. The van der Waals surface area contributed by atoms with Gasteiger partial charge in [0.1, 0.15) is 0 Å². The summed E-state index contributed by atoms with van der Waals surface area (Å²) in [5.74, 6) is 0.325. The van der Waals surface area contributed by atoms with E-state index in [4.69, 9.17) is 9.63 Å². The summed E-state index contributed by atoms with van der Waals surface area (Å²) < 4.78 is 4.87. The van der Waals surface area contributed by atoms with Crippen molar-refractivity contribution in [2.24, 2.45) is 11.8 Å². The first-order valence-corrected chi connectivity index (χ1v) is 5.30. The fraction of sp³-hybridized carbons (Fsp3) is 0.700. The molecule has 0 saturated carbocycles. The van der Waals surface area contributed by atoms with Gasteiger partial charge >= 0.3 is 5.97 Å². The zero-order chi connectivity index (χ0) is 11.7. The average Bonchev–Trinajstić information content (AvgIpc) is 2.73. The summed E-state index contributed by atoms with van der Waals surface area (Å²) >= 11 is 0. The van der Waals surface area contributed by atoms with Crippen molar-refractivity contribution in [3.8, 4) is 0 Å². The molecule has 1 aliphatic heterocycles. The topological polar surface area (TPSA) is 79.5 Å². The number of carboxylic acids is 1. The number of aromatic nitrogens is 2. The number of aliphatic carboxylic acids is 1. The molecule has 1 aliphatic rings. The van der Waals surface area contributed by atoms with Crippen molar-refractivity contribution in [1.82, 2.24) is 15.0 Å². The number of hydrogen-bond donors (Lipinski definition) is 1. The van der Waals surface area contributed by atoms with Crippen LogP contribution in [0.3, 0.4) is 0 Å². The quantitative estimate of drug-likeness (QED) is 0.808. The maximum atomic E-state index is 10.9. The van der Waals surface area contributed by atoms with Crippen LogP contribution in [0, 0.1) is 18.8 Å². The van der Waals surface area contributed by atoms with Crippen molar-refractivity contribution in [2.75, 3.05) is 13.1 Å². The molecule has 2 rings (SSSR count). The van der Waals surface area contributed by atoms with Gasteiger partial charge in [-0.05, 0) is 5.92 Å². The summed E-state index contributed by atoms with van der Waals surface area (Å²) in [6, 6.07) is 0. The van der Waals surface area contributed by atoms with Crippen LogP contribution in [0.15, 0.2) is 4.52 Å². The van der Waals surface area contributed by atoms with Gasteiger partial charge < -0.3 is 9.63 Å². The molecule has 2 atom stereocenters. The van der Waals surface area contributed by atoms with Gasteiger partial charge in [0.15, 0.2) is 5.82 Å². The summed E-state index contributed by atoms with van der Waals surface area (Å²) in [6.45, 7) is 5.59. The van der Waals surface area contributed by atoms with Gasteiger partial charge in [-0.3, -0.25) is 9.69 Å². The lowest BCUT2D eigenvalue weighted by Crippen LogP contribution is -2.23. The number of aryl methyl sites for hydroxylation is 1. The Morgan fingerprint density at radius 1 is 1.62 bits per heavy atom. The Morgan fingerprint density at radius 2 is 2.38 bits per heavy atom. The van der Waals surface area contributed by atoms with E-state index >= 15 is 0 Å². The monoisotopic (exact) mass is 225 g/mol. The summed E-state index contributed by atoms with van der Waals surface area (Å²) in [5.41, 5.74) is 0. The predicted molar refractivity (Wildman–Crippen MR) is 54.6 cm³/mol. The van der Waals surface area contributed by atoms with Crippen LogP contribution in [0.1, 0.15) is 18.6 Å². The molecule has 16 heavy (non-hydrogen) atoms. The molecule has 88 valence electrons. The molecular weight excluding hydrogens is 210 g/mol. The minimum Gasteiger partial charge on any atom is -0.481 e. The van der Waals surface area contributed by atoms with Crippen LogP contribution in [-0.2, 0) is 11.3 Å². The van der Waals surface area contributed by atoms with Crippen LogP contribution < -0.4 is 0 Å². The zero-order valence-corrected chi connectivity index (χ0v) is 9.38. The first-order valence-electron chi connectivity index (χ1n) is 5.30. The molecule has 1 aromatic rings. The minimum absolute atomic E-state index is 0.172. The Bertz CT molecular complexity index is 390. The fourth-order valence-electron chi connectivity index (χ4n) is 2.12. The van der Waals surface area contributed by atoms with Crippen molar-refractivity contribution >= 4 is 5.97 Å². The first-order chi connectivity index (χ1) is 7.56. The van der Waals surface area contributed by atoms with Crippen LogP contribution in [0.4, 0.5) is 0 Å². The molecule has 1 N–H and O–H groups in total. The number of likely N-dealkylation sites (tertiary alicyclic amines) is 1. The highest BCUT2D eigenvalue weighted by Crippen LogP contribution is 2.24. The number of rotatable bonds is 3. The first kappa shape index (κ1) is 11.1. The second-order valence-electron chi connectivity index (χ2n) is 4.35. The largest absolute Gasteiger partial charge is 0.481 e. The molecule has 0 aromatic carbocycles. The van der Waals surface area contributed by atoms with Crippen LogP contribution >= 0.6 is 0 Å². The van der Waals surface area contributed by atoms with Crippen molar-refractivity contribution in [3.05, 3.63) is 11.7 Å². The highest BCUT2D eigenvalue weighted by molar-refractivity contribution is 5.71. The standard InChI is InChI=1S/C10H15N3O3/c1-6-3-13(4-8(6)10(14)15)5-9-11-7(2)16-12-9/h6,8H,3-5H2,1-2H3,(H,14,15). The molecule has 0 amide bonds. The fourth-order valence-corrected chi connectivity index (χ4v) is 2.12. The van der Waals surface area contributed by atoms with E-state index in [2.05, 4.69) is 10.1 Å². The molecule has 0 aliphatic carbocycles. The second kappa shape index (κ2) is 4.21. The van der Waals surface area contributed by atoms with E-state index in [1.165, 1.54) is 0 Å². The molecule has 2 unspecified atom stereocenters. The molecule has 1 fully saturated rings. The Hall–Kier alpha value is -1.43. The van der Waals surface area contributed by atoms with E-state index in [0.29, 0.717) is 24.8 Å². The lowest BCUT2D eigenvalue weighted by Gasteiger charge is -2.11. The molecule has 0 bridgehead atoms. The number of carbonyl (C=O) groups is 1. The van der Waals surface area contributed by atoms with Gasteiger partial charge in [0.05, 0.1) is 12.5 Å². The summed E-state index contributed by atoms with van der Waals surface area (Å²) in [6.07, 6.45) is 0. The van der Waals surface area contributed by atoms with Gasteiger partial charge in [0.25, 0.3) is 0 Å². The molecule has 6 nitrogen and oxygen atoms in total. The second-order valence-corrected chi connectivity index (χ2v) is 4.35. The van der Waals surface area contributed by atoms with E-state index in [0.717, 1.165) is 6.54 Å². The molecule has 1 saturated heterocycles. The average molecular weight is 225 g/mol. The summed E-state index contributed by atoms with van der Waals surface area (Å²) in [4.78, 5) is 17.1. The summed E-state index contributed by atoms with van der Waals surface area (Å²) in [7, 11) is 0. The van der Waals surface area contributed by atoms with Crippen molar-refractivity contribution in [1.29, 1.82) is 0 Å². The predicted octanol–water partition coefficient (Wildman–Crippen LogP) is 0.531. The van der Waals surface area contributed by atoms with Gasteiger partial charge in [-0.1, -0.05) is 12.1 Å². The third kappa shape index (κ3) is 2.21. The van der Waals surface area contributed by atoms with Crippen molar-refractivity contribution in [2.45, 2.75) is 20.4 Å². The zero-order valence-electron chi connectivity index (χ0n) is 9.38. The normalized spacial score (nSPS) is 26.1. The van der Waals surface area contributed by atoms with Gasteiger partial charge in [-0.15, -0.1) is 0 Å². The van der Waals surface area contributed by atoms with Crippen LogP contribution in [0.25, 0.3) is 0 Å². The Kier molecular flexibility index (Phi) is 2.91. The van der Waals surface area contributed by atoms with Crippen LogP contribution in [-0.4, -0.2) is 39.2 Å². The molecule has 0 radical (unpaired) electrons. The van der Waals surface area contributed by atoms with Crippen molar-refractivity contribution < 1.29 is 14.4 Å². The third-order valence-electron chi connectivity index (χ3n) is 2.94. The number of nitrogens with zero attached hydrogens (tertiary/aromatic N) is 3. The molecule has 6 heteroatoms. The van der Waals surface area contributed by atoms with Crippen LogP contribution in [0.2, 0.25) is 0 Å². The van der Waals surface area contributed by atoms with E-state index in [9.17, 15) is 4.79 Å². The Morgan fingerprint density at radius 3 is 2.88 bits per heavy atom. The summed E-state index contributed by atoms with van der Waals surface area (Å²) in [5, 5.41) is 12.8. The molecule has 1 aromatic heterocycles. The highest BCUT2D eigenvalue weighted by Gasteiger charge is 2.34. The highest BCUT2D eigenvalue weighted by atomic mass is 16.5.